The molecule has 146 valence electrons. The molecule has 1 fully saturated rings. The van der Waals surface area contributed by atoms with E-state index in [1.165, 1.54) is 24.0 Å². The Bertz CT molecular complexity index is 562. The molecule has 1 heterocycles. The SMILES string of the molecule is CN=C(NCCCOCC1CC1)NCCN1CCc2ccccc2C1.I. The van der Waals surface area contributed by atoms with E-state index >= 15 is 0 Å². The predicted octanol–water partition coefficient (Wildman–Crippen LogP) is 2.64. The van der Waals surface area contributed by atoms with E-state index in [0.29, 0.717) is 0 Å². The van der Waals surface area contributed by atoms with Crippen molar-refractivity contribution in [3.8, 4) is 0 Å². The van der Waals surface area contributed by atoms with Crippen molar-refractivity contribution in [3.05, 3.63) is 35.4 Å². The summed E-state index contributed by atoms with van der Waals surface area (Å²) >= 11 is 0. The summed E-state index contributed by atoms with van der Waals surface area (Å²) in [7, 11) is 1.83. The Labute approximate surface area is 175 Å². The molecule has 1 aliphatic heterocycles. The number of rotatable bonds is 9. The molecule has 2 N–H and O–H groups in total. The third-order valence-corrected chi connectivity index (χ3v) is 4.96. The summed E-state index contributed by atoms with van der Waals surface area (Å²) in [4.78, 5) is 6.81. The average molecular weight is 472 g/mol. The van der Waals surface area contributed by atoms with Gasteiger partial charge in [-0.25, -0.2) is 0 Å². The molecule has 5 nitrogen and oxygen atoms in total. The molecule has 0 bridgehead atoms. The normalized spacial score (nSPS) is 17.3. The fraction of sp³-hybridized carbons (Fsp3) is 0.650. The van der Waals surface area contributed by atoms with Crippen LogP contribution in [0, 0.1) is 5.92 Å². The molecule has 26 heavy (non-hydrogen) atoms. The van der Waals surface area contributed by atoms with Crippen LogP contribution in [0.25, 0.3) is 0 Å². The molecule has 0 spiro atoms. The number of benzene rings is 1. The van der Waals surface area contributed by atoms with Crippen LogP contribution in [-0.4, -0.2) is 57.3 Å². The number of ether oxygens (including phenoxy) is 1. The lowest BCUT2D eigenvalue weighted by Crippen LogP contribution is -2.43. The van der Waals surface area contributed by atoms with Gasteiger partial charge >= 0.3 is 0 Å². The average Bonchev–Trinajstić information content (AvgIpc) is 3.47. The van der Waals surface area contributed by atoms with Gasteiger partial charge in [0.15, 0.2) is 5.96 Å². The zero-order chi connectivity index (χ0) is 17.3. The second-order valence-electron chi connectivity index (χ2n) is 7.09. The van der Waals surface area contributed by atoms with Gasteiger partial charge in [0.05, 0.1) is 0 Å². The van der Waals surface area contributed by atoms with Crippen molar-refractivity contribution in [1.82, 2.24) is 15.5 Å². The van der Waals surface area contributed by atoms with Gasteiger partial charge in [0, 0.05) is 53.0 Å². The van der Waals surface area contributed by atoms with Crippen molar-refractivity contribution in [2.75, 3.05) is 46.4 Å². The molecule has 0 radical (unpaired) electrons. The Morgan fingerprint density at radius 1 is 1.19 bits per heavy atom. The quantitative estimate of drug-likeness (QED) is 0.251. The maximum Gasteiger partial charge on any atom is 0.191 e. The van der Waals surface area contributed by atoms with Crippen LogP contribution < -0.4 is 10.6 Å². The number of fused-ring (bicyclic) bond motifs is 1. The molecule has 1 aromatic carbocycles. The van der Waals surface area contributed by atoms with Crippen LogP contribution in [0.4, 0.5) is 0 Å². The molecule has 6 heteroatoms. The van der Waals surface area contributed by atoms with Crippen LogP contribution in [-0.2, 0) is 17.7 Å². The molecule has 0 unspecified atom stereocenters. The molecule has 1 aromatic rings. The van der Waals surface area contributed by atoms with Crippen LogP contribution in [0.3, 0.4) is 0 Å². The second kappa shape index (κ2) is 11.8. The molecular formula is C20H33IN4O. The minimum Gasteiger partial charge on any atom is -0.381 e. The molecule has 3 rings (SSSR count). The smallest absolute Gasteiger partial charge is 0.191 e. The van der Waals surface area contributed by atoms with Crippen LogP contribution in [0.15, 0.2) is 29.3 Å². The van der Waals surface area contributed by atoms with Crippen molar-refractivity contribution in [2.24, 2.45) is 10.9 Å². The predicted molar refractivity (Wildman–Crippen MR) is 118 cm³/mol. The largest absolute Gasteiger partial charge is 0.381 e. The van der Waals surface area contributed by atoms with Gasteiger partial charge in [-0.15, -0.1) is 24.0 Å². The first-order valence-electron chi connectivity index (χ1n) is 9.66. The zero-order valence-corrected chi connectivity index (χ0v) is 18.2. The van der Waals surface area contributed by atoms with Gasteiger partial charge in [-0.1, -0.05) is 24.3 Å². The molecule has 0 atom stereocenters. The molecule has 2 aliphatic rings. The van der Waals surface area contributed by atoms with E-state index in [1.807, 2.05) is 7.05 Å². The van der Waals surface area contributed by atoms with Crippen molar-refractivity contribution >= 4 is 29.9 Å². The summed E-state index contributed by atoms with van der Waals surface area (Å²) in [6.45, 7) is 6.85. The molecule has 1 aliphatic carbocycles. The van der Waals surface area contributed by atoms with Gasteiger partial charge in [0.2, 0.25) is 0 Å². The van der Waals surface area contributed by atoms with E-state index in [-0.39, 0.29) is 24.0 Å². The summed E-state index contributed by atoms with van der Waals surface area (Å²) in [5, 5.41) is 6.78. The van der Waals surface area contributed by atoms with Gasteiger partial charge in [-0.2, -0.15) is 0 Å². The number of halogens is 1. The Morgan fingerprint density at radius 2 is 1.96 bits per heavy atom. The van der Waals surface area contributed by atoms with Gasteiger partial charge in [-0.3, -0.25) is 9.89 Å². The van der Waals surface area contributed by atoms with E-state index in [2.05, 4.69) is 44.8 Å². The third kappa shape index (κ3) is 7.40. The highest BCUT2D eigenvalue weighted by molar-refractivity contribution is 14.0. The highest BCUT2D eigenvalue weighted by atomic mass is 127. The highest BCUT2D eigenvalue weighted by Gasteiger charge is 2.20. The van der Waals surface area contributed by atoms with Gasteiger partial charge in [0.1, 0.15) is 0 Å². The van der Waals surface area contributed by atoms with E-state index in [9.17, 15) is 0 Å². The van der Waals surface area contributed by atoms with Crippen molar-refractivity contribution in [1.29, 1.82) is 0 Å². The summed E-state index contributed by atoms with van der Waals surface area (Å²) in [5.74, 6) is 1.74. The summed E-state index contributed by atoms with van der Waals surface area (Å²) in [5.41, 5.74) is 2.98. The van der Waals surface area contributed by atoms with Crippen LogP contribution >= 0.6 is 24.0 Å². The first-order chi connectivity index (χ1) is 12.3. The number of hydrogen-bond acceptors (Lipinski definition) is 3. The molecule has 0 aromatic heterocycles. The van der Waals surface area contributed by atoms with Gasteiger partial charge in [0.25, 0.3) is 0 Å². The Balaban J connectivity index is 0.00000243. The van der Waals surface area contributed by atoms with Crippen molar-refractivity contribution < 1.29 is 4.74 Å². The Hall–Kier alpha value is -0.860. The van der Waals surface area contributed by atoms with Gasteiger partial charge < -0.3 is 15.4 Å². The Kier molecular flexibility index (Phi) is 9.71. The van der Waals surface area contributed by atoms with Crippen LogP contribution in [0.2, 0.25) is 0 Å². The molecule has 1 saturated carbocycles. The minimum atomic E-state index is 0. The van der Waals surface area contributed by atoms with Crippen LogP contribution in [0.5, 0.6) is 0 Å². The second-order valence-corrected chi connectivity index (χ2v) is 7.09. The van der Waals surface area contributed by atoms with Gasteiger partial charge in [-0.05, 0) is 42.7 Å². The highest BCUT2D eigenvalue weighted by Crippen LogP contribution is 2.28. The number of hydrogen-bond donors (Lipinski definition) is 2. The molecule has 0 amide bonds. The zero-order valence-electron chi connectivity index (χ0n) is 15.9. The van der Waals surface area contributed by atoms with Crippen molar-refractivity contribution in [2.45, 2.75) is 32.2 Å². The van der Waals surface area contributed by atoms with E-state index in [1.54, 1.807) is 0 Å². The first-order valence-corrected chi connectivity index (χ1v) is 9.66. The number of guanidine groups is 1. The molecule has 0 saturated heterocycles. The van der Waals surface area contributed by atoms with Crippen LogP contribution in [0.1, 0.15) is 30.4 Å². The fourth-order valence-electron chi connectivity index (χ4n) is 3.21. The summed E-state index contributed by atoms with van der Waals surface area (Å²) in [6.07, 6.45) is 4.90. The minimum absolute atomic E-state index is 0. The lowest BCUT2D eigenvalue weighted by molar-refractivity contribution is 0.123. The number of nitrogens with one attached hydrogen (secondary N) is 2. The standard InChI is InChI=1S/C20H32N4O.HI/c1-21-20(22-10-4-14-25-16-17-7-8-17)23-11-13-24-12-9-18-5-2-3-6-19(18)15-24;/h2-3,5-6,17H,4,7-16H2,1H3,(H2,21,22,23);1H. The van der Waals surface area contributed by atoms with E-state index in [4.69, 9.17) is 4.74 Å². The first kappa shape index (κ1) is 21.4. The van der Waals surface area contributed by atoms with E-state index in [0.717, 1.165) is 70.7 Å². The lowest BCUT2D eigenvalue weighted by atomic mass is 10.00. The third-order valence-electron chi connectivity index (χ3n) is 4.96. The van der Waals surface area contributed by atoms with E-state index < -0.39 is 0 Å². The summed E-state index contributed by atoms with van der Waals surface area (Å²) in [6, 6.07) is 8.79. The summed E-state index contributed by atoms with van der Waals surface area (Å²) < 4.78 is 5.66. The van der Waals surface area contributed by atoms with Crippen molar-refractivity contribution in [3.63, 3.8) is 0 Å². The maximum atomic E-state index is 5.66. The maximum absolute atomic E-state index is 5.66. The lowest BCUT2D eigenvalue weighted by Gasteiger charge is -2.28. The fourth-order valence-corrected chi connectivity index (χ4v) is 3.21. The monoisotopic (exact) mass is 472 g/mol. The number of aliphatic imine (C=N–C) groups is 1. The number of nitrogens with zero attached hydrogens (tertiary/aromatic N) is 2. The molecular weight excluding hydrogens is 439 g/mol. The Morgan fingerprint density at radius 3 is 2.73 bits per heavy atom. The topological polar surface area (TPSA) is 48.9 Å².